The zero-order chi connectivity index (χ0) is 12.4. The molecule has 0 aliphatic carbocycles. The van der Waals surface area contributed by atoms with Gasteiger partial charge in [-0.1, -0.05) is 30.4 Å². The fourth-order valence-electron chi connectivity index (χ4n) is 2.19. The molecule has 0 saturated heterocycles. The summed E-state index contributed by atoms with van der Waals surface area (Å²) in [5, 5.41) is 4.05. The molecule has 1 aliphatic rings. The van der Waals surface area contributed by atoms with Gasteiger partial charge in [-0.15, -0.1) is 0 Å². The zero-order valence-corrected chi connectivity index (χ0v) is 11.2. The van der Waals surface area contributed by atoms with E-state index in [1.807, 2.05) is 6.92 Å². The minimum atomic E-state index is 0.428. The van der Waals surface area contributed by atoms with Crippen LogP contribution in [-0.2, 0) is 6.42 Å². The van der Waals surface area contributed by atoms with Gasteiger partial charge in [0.05, 0.1) is 0 Å². The van der Waals surface area contributed by atoms with E-state index in [9.17, 15) is 0 Å². The van der Waals surface area contributed by atoms with Crippen molar-refractivity contribution in [2.75, 3.05) is 11.4 Å². The number of fused-ring (bicyclic) bond motifs is 1. The zero-order valence-electron chi connectivity index (χ0n) is 10.4. The lowest BCUT2D eigenvalue weighted by molar-refractivity contribution is 0.761. The monoisotopic (exact) mass is 246 g/mol. The number of rotatable bonds is 2. The second-order valence-electron chi connectivity index (χ2n) is 4.67. The van der Waals surface area contributed by atoms with Crippen molar-refractivity contribution in [2.45, 2.75) is 26.3 Å². The van der Waals surface area contributed by atoms with Crippen LogP contribution in [-0.4, -0.2) is 17.7 Å². The van der Waals surface area contributed by atoms with Gasteiger partial charge in [0.1, 0.15) is 0 Å². The van der Waals surface area contributed by atoms with Crippen molar-refractivity contribution >= 4 is 23.0 Å². The lowest BCUT2D eigenvalue weighted by atomic mass is 10.1. The topological polar surface area (TPSA) is 15.3 Å². The Morgan fingerprint density at radius 3 is 2.94 bits per heavy atom. The normalized spacial score (nSPS) is 17.8. The molecule has 17 heavy (non-hydrogen) atoms. The van der Waals surface area contributed by atoms with Gasteiger partial charge in [-0.3, -0.25) is 0 Å². The van der Waals surface area contributed by atoms with E-state index in [4.69, 9.17) is 12.2 Å². The number of hydrogen-bond acceptors (Lipinski definition) is 1. The van der Waals surface area contributed by atoms with Crippen LogP contribution in [0.3, 0.4) is 0 Å². The van der Waals surface area contributed by atoms with E-state index in [0.717, 1.165) is 23.7 Å². The molecule has 2 rings (SSSR count). The second kappa shape index (κ2) is 4.88. The molecule has 0 fully saturated rings. The molecule has 1 aromatic carbocycles. The molecule has 1 heterocycles. The molecule has 2 nitrogen and oxygen atoms in total. The molecule has 0 aromatic heterocycles. The Hall–Kier alpha value is -1.35. The average Bonchev–Trinajstić information content (AvgIpc) is 2.61. The van der Waals surface area contributed by atoms with Crippen molar-refractivity contribution in [1.82, 2.24) is 5.32 Å². The molecule has 0 spiro atoms. The van der Waals surface area contributed by atoms with Gasteiger partial charge in [-0.25, -0.2) is 0 Å². The van der Waals surface area contributed by atoms with Gasteiger partial charge < -0.3 is 10.2 Å². The molecule has 1 atom stereocenters. The molecular weight excluding hydrogens is 228 g/mol. The van der Waals surface area contributed by atoms with E-state index in [1.54, 1.807) is 0 Å². The summed E-state index contributed by atoms with van der Waals surface area (Å²) in [5.74, 6) is 0. The molecule has 1 aromatic rings. The molecule has 0 amide bonds. The maximum absolute atomic E-state index is 5.46. The summed E-state index contributed by atoms with van der Waals surface area (Å²) in [5.41, 5.74) is 3.70. The van der Waals surface area contributed by atoms with Crippen molar-refractivity contribution in [1.29, 1.82) is 0 Å². The first-order chi connectivity index (χ1) is 8.09. The van der Waals surface area contributed by atoms with Crippen LogP contribution >= 0.6 is 12.2 Å². The maximum atomic E-state index is 5.46. The third kappa shape index (κ3) is 2.50. The predicted octanol–water partition coefficient (Wildman–Crippen LogP) is 2.89. The summed E-state index contributed by atoms with van der Waals surface area (Å²) >= 11 is 5.46. The molecular formula is C14H18N2S. The third-order valence-corrected chi connectivity index (χ3v) is 3.31. The van der Waals surface area contributed by atoms with E-state index in [-0.39, 0.29) is 0 Å². The first-order valence-corrected chi connectivity index (χ1v) is 6.29. The minimum Gasteiger partial charge on any atom is -0.359 e. The average molecular weight is 246 g/mol. The molecule has 90 valence electrons. The molecule has 0 radical (unpaired) electrons. The highest BCUT2D eigenvalue weighted by Crippen LogP contribution is 2.31. The van der Waals surface area contributed by atoms with Crippen molar-refractivity contribution in [3.63, 3.8) is 0 Å². The fourth-order valence-corrected chi connectivity index (χ4v) is 2.54. The van der Waals surface area contributed by atoms with E-state index < -0.39 is 0 Å². The van der Waals surface area contributed by atoms with Crippen LogP contribution in [0.1, 0.15) is 19.4 Å². The number of thiocarbonyl (C=S) groups is 1. The first-order valence-electron chi connectivity index (χ1n) is 5.89. The molecule has 1 N–H and O–H groups in total. The number of nitrogens with one attached hydrogen (secondary N) is 1. The van der Waals surface area contributed by atoms with Crippen molar-refractivity contribution in [3.05, 3.63) is 42.0 Å². The molecule has 3 heteroatoms. The van der Waals surface area contributed by atoms with Gasteiger partial charge in [0.15, 0.2) is 5.11 Å². The molecule has 0 bridgehead atoms. The number of para-hydroxylation sites is 1. The Kier molecular flexibility index (Phi) is 3.48. The lowest BCUT2D eigenvalue weighted by Crippen LogP contribution is -2.43. The highest BCUT2D eigenvalue weighted by molar-refractivity contribution is 7.80. The quantitative estimate of drug-likeness (QED) is 0.638. The van der Waals surface area contributed by atoms with Crippen LogP contribution < -0.4 is 10.2 Å². The standard InChI is InChI=1S/C14H18N2S/c1-10(2)9-15-14(17)16-11(3)8-12-6-4-5-7-13(12)16/h4-7,11H,1,8-9H2,2-3H3,(H,15,17). The second-order valence-corrected chi connectivity index (χ2v) is 5.05. The van der Waals surface area contributed by atoms with Crippen molar-refractivity contribution in [2.24, 2.45) is 0 Å². The Labute approximate surface area is 108 Å². The summed E-state index contributed by atoms with van der Waals surface area (Å²) < 4.78 is 0. The lowest BCUT2D eigenvalue weighted by Gasteiger charge is -2.26. The smallest absolute Gasteiger partial charge is 0.173 e. The van der Waals surface area contributed by atoms with Gasteiger partial charge in [-0.2, -0.15) is 0 Å². The SMILES string of the molecule is C=C(C)CNC(=S)N1c2ccccc2CC1C. The molecule has 1 aliphatic heterocycles. The predicted molar refractivity (Wildman–Crippen MR) is 77.5 cm³/mol. The van der Waals surface area contributed by atoms with Gasteiger partial charge in [0, 0.05) is 18.3 Å². The van der Waals surface area contributed by atoms with E-state index in [0.29, 0.717) is 6.04 Å². The molecule has 1 unspecified atom stereocenters. The summed E-state index contributed by atoms with van der Waals surface area (Å²) in [6.45, 7) is 8.82. The molecule has 0 saturated carbocycles. The van der Waals surface area contributed by atoms with Gasteiger partial charge in [0.25, 0.3) is 0 Å². The summed E-state index contributed by atoms with van der Waals surface area (Å²) in [6.07, 6.45) is 1.06. The summed E-state index contributed by atoms with van der Waals surface area (Å²) in [4.78, 5) is 2.20. The van der Waals surface area contributed by atoms with Crippen LogP contribution in [0.15, 0.2) is 36.4 Å². The van der Waals surface area contributed by atoms with E-state index in [2.05, 4.69) is 48.0 Å². The van der Waals surface area contributed by atoms with Crippen molar-refractivity contribution < 1.29 is 0 Å². The highest BCUT2D eigenvalue weighted by Gasteiger charge is 2.28. The number of benzene rings is 1. The summed E-state index contributed by atoms with van der Waals surface area (Å²) in [6, 6.07) is 8.88. The van der Waals surface area contributed by atoms with Gasteiger partial charge in [-0.05, 0) is 44.1 Å². The highest BCUT2D eigenvalue weighted by atomic mass is 32.1. The Morgan fingerprint density at radius 2 is 2.24 bits per heavy atom. The van der Waals surface area contributed by atoms with Crippen LogP contribution in [0.2, 0.25) is 0 Å². The third-order valence-electron chi connectivity index (χ3n) is 2.97. The first kappa shape index (κ1) is 12.1. The minimum absolute atomic E-state index is 0.428. The van der Waals surface area contributed by atoms with Crippen LogP contribution in [0, 0.1) is 0 Å². The maximum Gasteiger partial charge on any atom is 0.173 e. The van der Waals surface area contributed by atoms with Crippen LogP contribution in [0.25, 0.3) is 0 Å². The number of hydrogen-bond donors (Lipinski definition) is 1. The number of anilines is 1. The summed E-state index contributed by atoms with van der Waals surface area (Å²) in [7, 11) is 0. The Morgan fingerprint density at radius 1 is 1.53 bits per heavy atom. The van der Waals surface area contributed by atoms with Crippen LogP contribution in [0.4, 0.5) is 5.69 Å². The van der Waals surface area contributed by atoms with Crippen molar-refractivity contribution in [3.8, 4) is 0 Å². The Bertz CT molecular complexity index is 453. The van der Waals surface area contributed by atoms with E-state index in [1.165, 1.54) is 11.3 Å². The largest absolute Gasteiger partial charge is 0.359 e. The van der Waals surface area contributed by atoms with E-state index >= 15 is 0 Å². The van der Waals surface area contributed by atoms with Crippen LogP contribution in [0.5, 0.6) is 0 Å². The van der Waals surface area contributed by atoms with Gasteiger partial charge >= 0.3 is 0 Å². The fraction of sp³-hybridized carbons (Fsp3) is 0.357. The van der Waals surface area contributed by atoms with Gasteiger partial charge in [0.2, 0.25) is 0 Å². The number of nitrogens with zero attached hydrogens (tertiary/aromatic N) is 1. The Balaban J connectivity index is 2.16.